The quantitative estimate of drug-likeness (QED) is 0.504. The Labute approximate surface area is 157 Å². The van der Waals surface area contributed by atoms with E-state index in [2.05, 4.69) is 64.8 Å². The molecule has 0 saturated carbocycles. The largest absolute Gasteiger partial charge is 0.361 e. The van der Waals surface area contributed by atoms with Gasteiger partial charge in [-0.05, 0) is 56.8 Å². The monoisotopic (exact) mass is 355 g/mol. The van der Waals surface area contributed by atoms with E-state index < -0.39 is 0 Å². The molecule has 1 unspecified atom stereocenters. The smallest absolute Gasteiger partial charge is 0.191 e. The zero-order valence-corrected chi connectivity index (χ0v) is 16.2. The van der Waals surface area contributed by atoms with Crippen molar-refractivity contribution in [3.8, 4) is 0 Å². The number of hydrogen-bond acceptors (Lipinski definition) is 2. The first kappa shape index (κ1) is 18.8. The number of likely N-dealkylation sites (tertiary alicyclic amines) is 1. The van der Waals surface area contributed by atoms with Crippen LogP contribution < -0.4 is 10.6 Å². The van der Waals surface area contributed by atoms with Crippen LogP contribution in [0.3, 0.4) is 0 Å². The molecule has 3 N–H and O–H groups in total. The summed E-state index contributed by atoms with van der Waals surface area (Å²) in [6, 6.07) is 8.47. The summed E-state index contributed by atoms with van der Waals surface area (Å²) >= 11 is 0. The standard InChI is InChI=1S/C21H33N5/c1-3-22-21(25-14-17(2)16-26-12-6-7-13-26)23-11-10-18-15-24-20-9-5-4-8-19(18)20/h4-5,8-9,15,17,24H,3,6-7,10-14,16H2,1-2H3,(H2,22,23,25). The molecule has 1 aliphatic heterocycles. The highest BCUT2D eigenvalue weighted by Crippen LogP contribution is 2.17. The van der Waals surface area contributed by atoms with Gasteiger partial charge in [0.25, 0.3) is 0 Å². The second-order valence-corrected chi connectivity index (χ2v) is 7.37. The molecule has 0 aliphatic carbocycles. The van der Waals surface area contributed by atoms with Gasteiger partial charge in [-0.25, -0.2) is 0 Å². The summed E-state index contributed by atoms with van der Waals surface area (Å²) in [4.78, 5) is 10.7. The maximum atomic E-state index is 4.80. The van der Waals surface area contributed by atoms with Crippen molar-refractivity contribution in [1.29, 1.82) is 0 Å². The zero-order valence-electron chi connectivity index (χ0n) is 16.2. The molecule has 5 nitrogen and oxygen atoms in total. The molecule has 142 valence electrons. The first-order valence-corrected chi connectivity index (χ1v) is 10.1. The predicted molar refractivity (Wildman–Crippen MR) is 111 cm³/mol. The maximum absolute atomic E-state index is 4.80. The summed E-state index contributed by atoms with van der Waals surface area (Å²) in [7, 11) is 0. The molecule has 1 fully saturated rings. The van der Waals surface area contributed by atoms with E-state index >= 15 is 0 Å². The first-order valence-electron chi connectivity index (χ1n) is 10.1. The lowest BCUT2D eigenvalue weighted by Crippen LogP contribution is -2.39. The minimum Gasteiger partial charge on any atom is -0.361 e. The van der Waals surface area contributed by atoms with Gasteiger partial charge in [0.1, 0.15) is 0 Å². The van der Waals surface area contributed by atoms with Crippen molar-refractivity contribution in [3.63, 3.8) is 0 Å². The van der Waals surface area contributed by atoms with Crippen LogP contribution in [-0.4, -0.2) is 55.1 Å². The van der Waals surface area contributed by atoms with Crippen LogP contribution in [0.1, 0.15) is 32.3 Å². The van der Waals surface area contributed by atoms with E-state index in [4.69, 9.17) is 4.99 Å². The predicted octanol–water partition coefficient (Wildman–Crippen LogP) is 3.00. The molecule has 26 heavy (non-hydrogen) atoms. The zero-order chi connectivity index (χ0) is 18.2. The van der Waals surface area contributed by atoms with Crippen LogP contribution >= 0.6 is 0 Å². The Morgan fingerprint density at radius 3 is 2.85 bits per heavy atom. The number of rotatable bonds is 8. The van der Waals surface area contributed by atoms with Crippen molar-refractivity contribution in [2.45, 2.75) is 33.1 Å². The van der Waals surface area contributed by atoms with Crippen molar-refractivity contribution in [1.82, 2.24) is 20.5 Å². The van der Waals surface area contributed by atoms with E-state index in [0.29, 0.717) is 5.92 Å². The second-order valence-electron chi connectivity index (χ2n) is 7.37. The fourth-order valence-electron chi connectivity index (χ4n) is 3.71. The van der Waals surface area contributed by atoms with Crippen LogP contribution in [0, 0.1) is 5.92 Å². The molecule has 0 radical (unpaired) electrons. The molecule has 1 aromatic carbocycles. The third-order valence-corrected chi connectivity index (χ3v) is 5.04. The fraction of sp³-hybridized carbons (Fsp3) is 0.571. The summed E-state index contributed by atoms with van der Waals surface area (Å²) in [5.41, 5.74) is 2.56. The van der Waals surface area contributed by atoms with Gasteiger partial charge < -0.3 is 20.5 Å². The van der Waals surface area contributed by atoms with E-state index in [9.17, 15) is 0 Å². The Morgan fingerprint density at radius 1 is 1.23 bits per heavy atom. The van der Waals surface area contributed by atoms with Crippen molar-refractivity contribution >= 4 is 16.9 Å². The van der Waals surface area contributed by atoms with E-state index in [1.165, 1.54) is 42.4 Å². The summed E-state index contributed by atoms with van der Waals surface area (Å²) < 4.78 is 0. The van der Waals surface area contributed by atoms with Crippen LogP contribution in [0.25, 0.3) is 10.9 Å². The Kier molecular flexibility index (Phi) is 6.95. The number of para-hydroxylation sites is 1. The summed E-state index contributed by atoms with van der Waals surface area (Å²) in [6.45, 7) is 10.8. The summed E-state index contributed by atoms with van der Waals surface area (Å²) in [5, 5.41) is 8.17. The molecule has 0 spiro atoms. The second kappa shape index (κ2) is 9.62. The molecule has 3 rings (SSSR count). The van der Waals surface area contributed by atoms with Gasteiger partial charge in [-0.3, -0.25) is 4.99 Å². The molecule has 1 aromatic heterocycles. The van der Waals surface area contributed by atoms with E-state index in [-0.39, 0.29) is 0 Å². The molecule has 5 heteroatoms. The van der Waals surface area contributed by atoms with Crippen LogP contribution in [0.2, 0.25) is 0 Å². The fourth-order valence-corrected chi connectivity index (χ4v) is 3.71. The molecule has 2 heterocycles. The average molecular weight is 356 g/mol. The highest BCUT2D eigenvalue weighted by atomic mass is 15.2. The lowest BCUT2D eigenvalue weighted by Gasteiger charge is -2.19. The highest BCUT2D eigenvalue weighted by molar-refractivity contribution is 5.83. The third kappa shape index (κ3) is 5.24. The van der Waals surface area contributed by atoms with Crippen LogP contribution in [0.4, 0.5) is 0 Å². The molecule has 0 amide bonds. The van der Waals surface area contributed by atoms with E-state index in [1.807, 2.05) is 0 Å². The van der Waals surface area contributed by atoms with E-state index in [1.54, 1.807) is 0 Å². The lowest BCUT2D eigenvalue weighted by molar-refractivity contribution is 0.291. The van der Waals surface area contributed by atoms with Gasteiger partial charge in [0.15, 0.2) is 5.96 Å². The molecule has 1 saturated heterocycles. The molecule has 1 aliphatic rings. The number of aromatic amines is 1. The Hall–Kier alpha value is -2.01. The minimum absolute atomic E-state index is 0.595. The van der Waals surface area contributed by atoms with Crippen LogP contribution in [-0.2, 0) is 6.42 Å². The number of aliphatic imine (C=N–C) groups is 1. The van der Waals surface area contributed by atoms with Gasteiger partial charge in [-0.1, -0.05) is 25.1 Å². The number of benzene rings is 1. The molecule has 0 bridgehead atoms. The van der Waals surface area contributed by atoms with Crippen molar-refractivity contribution in [2.24, 2.45) is 10.9 Å². The summed E-state index contributed by atoms with van der Waals surface area (Å²) in [6.07, 6.45) is 5.81. The Balaban J connectivity index is 1.47. The first-order chi connectivity index (χ1) is 12.8. The van der Waals surface area contributed by atoms with Gasteiger partial charge >= 0.3 is 0 Å². The normalized spacial score (nSPS) is 16.9. The van der Waals surface area contributed by atoms with Gasteiger partial charge in [-0.15, -0.1) is 0 Å². The highest BCUT2D eigenvalue weighted by Gasteiger charge is 2.14. The van der Waals surface area contributed by atoms with Crippen molar-refractivity contribution in [3.05, 3.63) is 36.0 Å². The van der Waals surface area contributed by atoms with Gasteiger partial charge in [-0.2, -0.15) is 0 Å². The number of guanidine groups is 1. The SMILES string of the molecule is CCNC(=NCC(C)CN1CCCC1)NCCc1c[nH]c2ccccc12. The van der Waals surface area contributed by atoms with Gasteiger partial charge in [0.05, 0.1) is 0 Å². The Morgan fingerprint density at radius 2 is 2.04 bits per heavy atom. The number of fused-ring (bicyclic) bond motifs is 1. The number of nitrogens with one attached hydrogen (secondary N) is 3. The number of H-pyrrole nitrogens is 1. The molecular weight excluding hydrogens is 322 g/mol. The molecule has 1 atom stereocenters. The number of hydrogen-bond donors (Lipinski definition) is 3. The topological polar surface area (TPSA) is 55.5 Å². The molecule has 2 aromatic rings. The summed E-state index contributed by atoms with van der Waals surface area (Å²) in [5.74, 6) is 1.53. The Bertz CT molecular complexity index is 699. The van der Waals surface area contributed by atoms with Gasteiger partial charge in [0, 0.05) is 43.3 Å². The minimum atomic E-state index is 0.595. The van der Waals surface area contributed by atoms with Crippen LogP contribution in [0.5, 0.6) is 0 Å². The molecular formula is C21H33N5. The van der Waals surface area contributed by atoms with E-state index in [0.717, 1.165) is 38.6 Å². The van der Waals surface area contributed by atoms with Crippen LogP contribution in [0.15, 0.2) is 35.5 Å². The van der Waals surface area contributed by atoms with Crippen molar-refractivity contribution < 1.29 is 0 Å². The van der Waals surface area contributed by atoms with Gasteiger partial charge in [0.2, 0.25) is 0 Å². The maximum Gasteiger partial charge on any atom is 0.191 e. The van der Waals surface area contributed by atoms with Crippen molar-refractivity contribution in [2.75, 3.05) is 39.3 Å². The lowest BCUT2D eigenvalue weighted by atomic mass is 10.1. The average Bonchev–Trinajstić information content (AvgIpc) is 3.30. The number of aromatic nitrogens is 1. The number of nitrogens with zero attached hydrogens (tertiary/aromatic N) is 2. The third-order valence-electron chi connectivity index (χ3n) is 5.04.